The molecule has 1 rings (SSSR count). The van der Waals surface area contributed by atoms with Gasteiger partial charge in [-0.2, -0.15) is 8.42 Å². The Morgan fingerprint density at radius 2 is 1.89 bits per heavy atom. The predicted octanol–water partition coefficient (Wildman–Crippen LogP) is 1.34. The van der Waals surface area contributed by atoms with Crippen LogP contribution in [-0.2, 0) is 10.2 Å². The molecule has 0 aliphatic carbocycles. The van der Waals surface area contributed by atoms with E-state index in [0.717, 1.165) is 5.56 Å². The van der Waals surface area contributed by atoms with Crippen LogP contribution >= 0.6 is 0 Å². The second kappa shape index (κ2) is 6.26. The van der Waals surface area contributed by atoms with E-state index < -0.39 is 22.1 Å². The summed E-state index contributed by atoms with van der Waals surface area (Å²) in [4.78, 5) is 1.62. The van der Waals surface area contributed by atoms with Crippen molar-refractivity contribution >= 4 is 10.2 Å². The van der Waals surface area contributed by atoms with Crippen LogP contribution in [0.2, 0.25) is 0 Å². The van der Waals surface area contributed by atoms with Crippen LogP contribution in [0.15, 0.2) is 30.3 Å². The van der Waals surface area contributed by atoms with E-state index in [1.54, 1.807) is 31.0 Å². The average molecular weight is 275 g/mol. The highest BCUT2D eigenvalue weighted by molar-refractivity contribution is 7.86. The summed E-state index contributed by atoms with van der Waals surface area (Å²) < 4.78 is 33.3. The molecular formula is C12H18FNO3S. The lowest BCUT2D eigenvalue weighted by atomic mass is 10.0. The highest BCUT2D eigenvalue weighted by Crippen LogP contribution is 2.19. The quantitative estimate of drug-likeness (QED) is 0.796. The van der Waals surface area contributed by atoms with Crippen molar-refractivity contribution in [3.05, 3.63) is 35.9 Å². The van der Waals surface area contributed by atoms with Crippen molar-refractivity contribution in [3.8, 4) is 0 Å². The Kier molecular flexibility index (Phi) is 5.25. The van der Waals surface area contributed by atoms with E-state index in [4.69, 9.17) is 0 Å². The Balaban J connectivity index is 2.61. The molecule has 0 aromatic heterocycles. The summed E-state index contributed by atoms with van der Waals surface area (Å²) in [6.45, 7) is 1.81. The molecule has 1 aromatic carbocycles. The van der Waals surface area contributed by atoms with Crippen molar-refractivity contribution in [2.75, 3.05) is 19.3 Å². The van der Waals surface area contributed by atoms with Gasteiger partial charge < -0.3 is 5.11 Å². The third kappa shape index (κ3) is 4.72. The molecule has 0 amide bonds. The van der Waals surface area contributed by atoms with Crippen LogP contribution in [0.3, 0.4) is 0 Å². The van der Waals surface area contributed by atoms with Crippen LogP contribution in [0.5, 0.6) is 0 Å². The van der Waals surface area contributed by atoms with E-state index in [9.17, 15) is 17.4 Å². The lowest BCUT2D eigenvalue weighted by molar-refractivity contribution is 0.0757. The average Bonchev–Trinajstić information content (AvgIpc) is 2.34. The molecule has 0 spiro atoms. The van der Waals surface area contributed by atoms with Crippen molar-refractivity contribution in [1.82, 2.24) is 4.90 Å². The first-order valence-electron chi connectivity index (χ1n) is 5.67. The molecule has 0 unspecified atom stereocenters. The van der Waals surface area contributed by atoms with Crippen molar-refractivity contribution in [2.45, 2.75) is 19.1 Å². The van der Waals surface area contributed by atoms with Crippen molar-refractivity contribution in [3.63, 3.8) is 0 Å². The summed E-state index contributed by atoms with van der Waals surface area (Å²) in [5.41, 5.74) is 0.750. The number of rotatable bonds is 6. The molecule has 6 heteroatoms. The fourth-order valence-corrected chi connectivity index (χ4v) is 2.13. The number of likely N-dealkylation sites (N-methyl/N-ethyl adjacent to an activating group) is 1. The van der Waals surface area contributed by atoms with Crippen LogP contribution < -0.4 is 0 Å². The number of aliphatic hydroxyl groups is 1. The standard InChI is InChI=1S/C12H18FNO3S/c1-10(14(2)8-9-18(13,16)17)12(15)11-6-4-3-5-7-11/h3-7,10,12,15H,8-9H2,1-2H3/t10-,12+/m0/s1. The van der Waals surface area contributed by atoms with Gasteiger partial charge in [-0.1, -0.05) is 30.3 Å². The molecule has 4 nitrogen and oxygen atoms in total. The van der Waals surface area contributed by atoms with Crippen LogP contribution in [0.1, 0.15) is 18.6 Å². The zero-order valence-corrected chi connectivity index (χ0v) is 11.3. The zero-order chi connectivity index (χ0) is 13.8. The van der Waals surface area contributed by atoms with E-state index >= 15 is 0 Å². The molecule has 0 radical (unpaired) electrons. The van der Waals surface area contributed by atoms with Crippen LogP contribution in [-0.4, -0.2) is 43.8 Å². The molecule has 0 saturated heterocycles. The minimum atomic E-state index is -4.47. The summed E-state index contributed by atoms with van der Waals surface area (Å²) >= 11 is 0. The van der Waals surface area contributed by atoms with Gasteiger partial charge in [0.15, 0.2) is 0 Å². The lowest BCUT2D eigenvalue weighted by Gasteiger charge is -2.28. The fourth-order valence-electron chi connectivity index (χ4n) is 1.63. The van der Waals surface area contributed by atoms with Gasteiger partial charge >= 0.3 is 10.2 Å². The van der Waals surface area contributed by atoms with Crippen molar-refractivity contribution in [1.29, 1.82) is 0 Å². The Labute approximate surface area is 107 Å². The van der Waals surface area contributed by atoms with Gasteiger partial charge in [0.1, 0.15) is 0 Å². The number of nitrogens with zero attached hydrogens (tertiary/aromatic N) is 1. The molecule has 0 aliphatic heterocycles. The Bertz CT molecular complexity index is 463. The van der Waals surface area contributed by atoms with Gasteiger partial charge in [-0.05, 0) is 19.5 Å². The molecule has 0 saturated carbocycles. The number of aliphatic hydroxyl groups excluding tert-OH is 1. The second-order valence-electron chi connectivity index (χ2n) is 4.32. The summed E-state index contributed by atoms with van der Waals surface area (Å²) in [7, 11) is -2.81. The Morgan fingerprint density at radius 1 is 1.33 bits per heavy atom. The number of hydrogen-bond acceptors (Lipinski definition) is 4. The summed E-state index contributed by atoms with van der Waals surface area (Å²) in [5.74, 6) is -0.560. The first-order chi connectivity index (χ1) is 8.31. The van der Waals surface area contributed by atoms with E-state index in [2.05, 4.69) is 0 Å². The molecule has 0 bridgehead atoms. The Hall–Kier alpha value is -0.980. The fraction of sp³-hybridized carbons (Fsp3) is 0.500. The minimum absolute atomic E-state index is 0.0455. The summed E-state index contributed by atoms with van der Waals surface area (Å²) in [6.07, 6.45) is -0.737. The van der Waals surface area contributed by atoms with Gasteiger partial charge in [-0.15, -0.1) is 3.89 Å². The molecule has 0 aliphatic rings. The van der Waals surface area contributed by atoms with E-state index in [0.29, 0.717) is 0 Å². The Morgan fingerprint density at radius 3 is 2.39 bits per heavy atom. The number of benzene rings is 1. The number of halogens is 1. The summed E-state index contributed by atoms with van der Waals surface area (Å²) in [6, 6.07) is 8.77. The maximum Gasteiger partial charge on any atom is 0.303 e. The first kappa shape index (κ1) is 15.1. The maximum absolute atomic E-state index is 12.4. The van der Waals surface area contributed by atoms with E-state index in [1.165, 1.54) is 0 Å². The molecular weight excluding hydrogens is 257 g/mol. The van der Waals surface area contributed by atoms with Crippen molar-refractivity contribution < 1.29 is 17.4 Å². The van der Waals surface area contributed by atoms with Gasteiger partial charge in [-0.25, -0.2) is 0 Å². The SMILES string of the molecule is C[C@@H]([C@@H](O)c1ccccc1)N(C)CCS(=O)(=O)F. The lowest BCUT2D eigenvalue weighted by Crippen LogP contribution is -2.37. The highest BCUT2D eigenvalue weighted by atomic mass is 32.3. The third-order valence-corrected chi connectivity index (χ3v) is 3.65. The second-order valence-corrected chi connectivity index (χ2v) is 5.81. The zero-order valence-electron chi connectivity index (χ0n) is 10.5. The smallest absolute Gasteiger partial charge is 0.303 e. The van der Waals surface area contributed by atoms with Gasteiger partial charge in [-0.3, -0.25) is 4.90 Å². The predicted molar refractivity (Wildman–Crippen MR) is 68.4 cm³/mol. The van der Waals surface area contributed by atoms with Gasteiger partial charge in [0.2, 0.25) is 0 Å². The van der Waals surface area contributed by atoms with Crippen LogP contribution in [0.4, 0.5) is 3.89 Å². The molecule has 2 atom stereocenters. The molecule has 18 heavy (non-hydrogen) atoms. The van der Waals surface area contributed by atoms with Crippen LogP contribution in [0, 0.1) is 0 Å². The number of hydrogen-bond donors (Lipinski definition) is 1. The van der Waals surface area contributed by atoms with Gasteiger partial charge in [0.05, 0.1) is 11.9 Å². The third-order valence-electron chi connectivity index (χ3n) is 2.98. The monoisotopic (exact) mass is 275 g/mol. The normalized spacial score (nSPS) is 15.6. The van der Waals surface area contributed by atoms with E-state index in [-0.39, 0.29) is 12.6 Å². The topological polar surface area (TPSA) is 57.6 Å². The molecule has 0 heterocycles. The molecule has 0 fully saturated rings. The minimum Gasteiger partial charge on any atom is -0.387 e. The first-order valence-corrected chi connectivity index (χ1v) is 7.22. The van der Waals surface area contributed by atoms with E-state index in [1.807, 2.05) is 18.2 Å². The van der Waals surface area contributed by atoms with Gasteiger partial charge in [0, 0.05) is 12.6 Å². The van der Waals surface area contributed by atoms with Gasteiger partial charge in [0.25, 0.3) is 0 Å². The van der Waals surface area contributed by atoms with Crippen LogP contribution in [0.25, 0.3) is 0 Å². The largest absolute Gasteiger partial charge is 0.387 e. The maximum atomic E-state index is 12.4. The van der Waals surface area contributed by atoms with Crippen molar-refractivity contribution in [2.24, 2.45) is 0 Å². The highest BCUT2D eigenvalue weighted by Gasteiger charge is 2.21. The molecule has 1 N–H and O–H groups in total. The molecule has 102 valence electrons. The molecule has 1 aromatic rings. The summed E-state index contributed by atoms with van der Waals surface area (Å²) in [5, 5.41) is 10.1.